The minimum atomic E-state index is -1.36. The SMILES string of the molecule is CCN(CCCC[S+]([O-])NC(=O)Nc1c2c(cc3c1CCC3)CCC2)Cc1ccccc1. The van der Waals surface area contributed by atoms with E-state index in [1.807, 2.05) is 6.07 Å². The summed E-state index contributed by atoms with van der Waals surface area (Å²) in [6, 6.07) is 12.5. The van der Waals surface area contributed by atoms with Gasteiger partial charge in [0.2, 0.25) is 0 Å². The fraction of sp³-hybridized carbons (Fsp3) is 0.500. The standard InChI is InChI=1S/C26H35N3O2S/c1-2-29(19-20-10-4-3-5-11-20)16-6-7-17-32(31)28-26(30)27-25-23-14-8-12-21(23)18-22-13-9-15-24(22)25/h3-5,10-11,18H,2,6-9,12-17,19H2,1H3,(H2,27,28,30). The molecule has 1 atom stereocenters. The quantitative estimate of drug-likeness (QED) is 0.403. The van der Waals surface area contributed by atoms with Gasteiger partial charge in [0, 0.05) is 12.2 Å². The van der Waals surface area contributed by atoms with Crippen LogP contribution in [-0.2, 0) is 43.6 Å². The van der Waals surface area contributed by atoms with E-state index in [9.17, 15) is 9.35 Å². The van der Waals surface area contributed by atoms with Crippen LogP contribution in [0.4, 0.5) is 10.5 Å². The molecule has 2 aromatic carbocycles. The Morgan fingerprint density at radius 3 is 2.38 bits per heavy atom. The lowest BCUT2D eigenvalue weighted by atomic mass is 9.99. The van der Waals surface area contributed by atoms with Crippen LogP contribution in [0.3, 0.4) is 0 Å². The Hall–Kier alpha value is -2.02. The van der Waals surface area contributed by atoms with Crippen LogP contribution < -0.4 is 10.0 Å². The number of aryl methyl sites for hydroxylation is 2. The van der Waals surface area contributed by atoms with Crippen molar-refractivity contribution in [2.45, 2.75) is 64.8 Å². The van der Waals surface area contributed by atoms with Gasteiger partial charge in [-0.3, -0.25) is 4.90 Å². The Labute approximate surface area is 195 Å². The highest BCUT2D eigenvalue weighted by molar-refractivity contribution is 7.90. The maximum atomic E-state index is 12.6. The summed E-state index contributed by atoms with van der Waals surface area (Å²) in [7, 11) is 0. The molecule has 2 aliphatic rings. The lowest BCUT2D eigenvalue weighted by Gasteiger charge is -2.20. The van der Waals surface area contributed by atoms with E-state index in [1.54, 1.807) is 0 Å². The number of anilines is 1. The van der Waals surface area contributed by atoms with E-state index in [2.05, 4.69) is 52.2 Å². The highest BCUT2D eigenvalue weighted by Gasteiger charge is 2.25. The zero-order valence-corrected chi connectivity index (χ0v) is 19.9. The lowest BCUT2D eigenvalue weighted by Crippen LogP contribution is -2.36. The van der Waals surface area contributed by atoms with Crippen molar-refractivity contribution < 1.29 is 9.35 Å². The Morgan fingerprint density at radius 2 is 1.72 bits per heavy atom. The van der Waals surface area contributed by atoms with Crippen molar-refractivity contribution in [3.8, 4) is 0 Å². The zero-order chi connectivity index (χ0) is 22.3. The van der Waals surface area contributed by atoms with Gasteiger partial charge in [-0.2, -0.15) is 4.72 Å². The minimum Gasteiger partial charge on any atom is -0.593 e. The maximum Gasteiger partial charge on any atom is 0.360 e. The second kappa shape index (κ2) is 11.2. The summed E-state index contributed by atoms with van der Waals surface area (Å²) in [5.41, 5.74) is 7.68. The monoisotopic (exact) mass is 453 g/mol. The first-order valence-electron chi connectivity index (χ1n) is 12.0. The van der Waals surface area contributed by atoms with Crippen LogP contribution in [-0.4, -0.2) is 34.3 Å². The van der Waals surface area contributed by atoms with Crippen LogP contribution in [0.15, 0.2) is 36.4 Å². The molecule has 0 aliphatic heterocycles. The molecular formula is C26H35N3O2S. The van der Waals surface area contributed by atoms with Crippen molar-refractivity contribution >= 4 is 23.1 Å². The van der Waals surface area contributed by atoms with Crippen LogP contribution in [0.2, 0.25) is 0 Å². The second-order valence-electron chi connectivity index (χ2n) is 8.90. The van der Waals surface area contributed by atoms with E-state index in [0.717, 1.165) is 76.7 Å². The number of unbranched alkanes of at least 4 members (excludes halogenated alkanes) is 1. The van der Waals surface area contributed by atoms with Crippen LogP contribution >= 0.6 is 0 Å². The number of carbonyl (C=O) groups excluding carboxylic acids is 1. The highest BCUT2D eigenvalue weighted by atomic mass is 32.2. The predicted octanol–water partition coefficient (Wildman–Crippen LogP) is 4.75. The predicted molar refractivity (Wildman–Crippen MR) is 132 cm³/mol. The molecule has 2 aliphatic carbocycles. The molecule has 0 heterocycles. The second-order valence-corrected chi connectivity index (χ2v) is 10.2. The normalized spacial score (nSPS) is 15.5. The van der Waals surface area contributed by atoms with Crippen molar-refractivity contribution in [3.63, 3.8) is 0 Å². The average molecular weight is 454 g/mol. The third-order valence-corrected chi connectivity index (χ3v) is 7.74. The summed E-state index contributed by atoms with van der Waals surface area (Å²) in [6.07, 6.45) is 8.35. The van der Waals surface area contributed by atoms with Crippen LogP contribution in [0.1, 0.15) is 60.4 Å². The Kier molecular flexibility index (Phi) is 8.11. The number of hydrogen-bond acceptors (Lipinski definition) is 3. The summed E-state index contributed by atoms with van der Waals surface area (Å²) >= 11 is -1.36. The van der Waals surface area contributed by atoms with Gasteiger partial charge in [-0.15, -0.1) is 0 Å². The van der Waals surface area contributed by atoms with Crippen LogP contribution in [0.5, 0.6) is 0 Å². The molecule has 0 saturated heterocycles. The minimum absolute atomic E-state index is 0.336. The molecule has 172 valence electrons. The van der Waals surface area contributed by atoms with Gasteiger partial charge in [0.25, 0.3) is 0 Å². The van der Waals surface area contributed by atoms with Crippen molar-refractivity contribution in [1.29, 1.82) is 0 Å². The van der Waals surface area contributed by atoms with Gasteiger partial charge in [0.05, 0.1) is 11.4 Å². The topological polar surface area (TPSA) is 67.4 Å². The molecule has 0 aromatic heterocycles. The zero-order valence-electron chi connectivity index (χ0n) is 19.1. The number of hydrogen-bond donors (Lipinski definition) is 2. The fourth-order valence-corrected chi connectivity index (χ4v) is 5.85. The molecule has 5 nitrogen and oxygen atoms in total. The van der Waals surface area contributed by atoms with Crippen molar-refractivity contribution in [1.82, 2.24) is 9.62 Å². The molecular weight excluding hydrogens is 418 g/mol. The maximum absolute atomic E-state index is 12.6. The molecule has 0 radical (unpaired) electrons. The number of urea groups is 1. The van der Waals surface area contributed by atoms with E-state index in [0.29, 0.717) is 5.75 Å². The lowest BCUT2D eigenvalue weighted by molar-refractivity contribution is 0.256. The summed E-state index contributed by atoms with van der Waals surface area (Å²) in [5.74, 6) is 0.487. The van der Waals surface area contributed by atoms with Gasteiger partial charge >= 0.3 is 6.03 Å². The van der Waals surface area contributed by atoms with Crippen LogP contribution in [0.25, 0.3) is 0 Å². The van der Waals surface area contributed by atoms with Gasteiger partial charge < -0.3 is 9.87 Å². The molecule has 4 rings (SSSR count). The number of fused-ring (bicyclic) bond motifs is 2. The first kappa shape index (κ1) is 23.1. The Morgan fingerprint density at radius 1 is 1.03 bits per heavy atom. The molecule has 0 spiro atoms. The van der Waals surface area contributed by atoms with Crippen LogP contribution in [0, 0.1) is 0 Å². The largest absolute Gasteiger partial charge is 0.593 e. The molecule has 6 heteroatoms. The molecule has 2 N–H and O–H groups in total. The molecule has 2 aromatic rings. The summed E-state index contributed by atoms with van der Waals surface area (Å²) in [6.45, 7) is 5.07. The molecule has 2 amide bonds. The molecule has 0 bridgehead atoms. The first-order valence-corrected chi connectivity index (χ1v) is 13.3. The van der Waals surface area contributed by atoms with Gasteiger partial charge in [0.15, 0.2) is 0 Å². The molecule has 0 saturated carbocycles. The smallest absolute Gasteiger partial charge is 0.360 e. The Bertz CT molecular complexity index is 887. The summed E-state index contributed by atoms with van der Waals surface area (Å²) < 4.78 is 15.1. The van der Waals surface area contributed by atoms with Crippen molar-refractivity contribution in [2.75, 3.05) is 24.2 Å². The van der Waals surface area contributed by atoms with Gasteiger partial charge in [-0.05, 0) is 92.3 Å². The number of amides is 2. The van der Waals surface area contributed by atoms with Gasteiger partial charge in [-0.1, -0.05) is 43.3 Å². The average Bonchev–Trinajstić information content (AvgIpc) is 3.45. The highest BCUT2D eigenvalue weighted by Crippen LogP contribution is 2.38. The van der Waals surface area contributed by atoms with E-state index in [1.165, 1.54) is 27.8 Å². The van der Waals surface area contributed by atoms with E-state index in [-0.39, 0.29) is 6.03 Å². The van der Waals surface area contributed by atoms with E-state index >= 15 is 0 Å². The number of nitrogens with zero attached hydrogens (tertiary/aromatic N) is 1. The number of benzene rings is 2. The number of rotatable bonds is 10. The van der Waals surface area contributed by atoms with Crippen molar-refractivity contribution in [2.24, 2.45) is 0 Å². The van der Waals surface area contributed by atoms with Gasteiger partial charge in [0.1, 0.15) is 5.75 Å². The first-order chi connectivity index (χ1) is 15.6. The third-order valence-electron chi connectivity index (χ3n) is 6.67. The summed E-state index contributed by atoms with van der Waals surface area (Å²) in [5, 5.41) is 3.07. The van der Waals surface area contributed by atoms with Crippen molar-refractivity contribution in [3.05, 3.63) is 64.2 Å². The number of carbonyl (C=O) groups is 1. The molecule has 32 heavy (non-hydrogen) atoms. The molecule has 0 fully saturated rings. The van der Waals surface area contributed by atoms with E-state index in [4.69, 9.17) is 0 Å². The molecule has 1 unspecified atom stereocenters. The summed E-state index contributed by atoms with van der Waals surface area (Å²) in [4.78, 5) is 15.0. The van der Waals surface area contributed by atoms with Gasteiger partial charge in [-0.25, -0.2) is 4.79 Å². The fourth-order valence-electron chi connectivity index (χ4n) is 5.02. The third kappa shape index (κ3) is 5.85. The number of nitrogens with one attached hydrogen (secondary N) is 2. The van der Waals surface area contributed by atoms with E-state index < -0.39 is 11.4 Å². The Balaban J connectivity index is 1.21.